The third kappa shape index (κ3) is 1.51. The molecule has 11 heavy (non-hydrogen) atoms. The van der Waals surface area contributed by atoms with Gasteiger partial charge >= 0.3 is 6.09 Å². The second-order valence-electron chi connectivity index (χ2n) is 1.98. The second kappa shape index (κ2) is 2.91. The summed E-state index contributed by atoms with van der Waals surface area (Å²) in [5.41, 5.74) is 0. The standard InChI is InChI=1S/C4H5ClN2O4/c5-1-3-2-6(7(9)10)4(8)11-3/h3H,1-2H2. The highest BCUT2D eigenvalue weighted by molar-refractivity contribution is 6.18. The zero-order chi connectivity index (χ0) is 8.43. The lowest BCUT2D eigenvalue weighted by atomic mass is 10.4. The van der Waals surface area contributed by atoms with Crippen LogP contribution in [0.15, 0.2) is 0 Å². The van der Waals surface area contributed by atoms with Crippen LogP contribution in [0.4, 0.5) is 4.79 Å². The number of ether oxygens (including phenoxy) is 1. The lowest BCUT2D eigenvalue weighted by Gasteiger charge is -1.97. The molecule has 0 aromatic rings. The van der Waals surface area contributed by atoms with Gasteiger partial charge in [-0.15, -0.1) is 11.6 Å². The first-order valence-electron chi connectivity index (χ1n) is 2.83. The summed E-state index contributed by atoms with van der Waals surface area (Å²) in [5, 5.41) is 9.65. The van der Waals surface area contributed by atoms with E-state index < -0.39 is 17.2 Å². The molecule has 0 radical (unpaired) electrons. The Hall–Kier alpha value is -1.04. The van der Waals surface area contributed by atoms with Crippen LogP contribution in [-0.2, 0) is 4.74 Å². The number of hydrogen-bond donors (Lipinski definition) is 0. The molecular weight excluding hydrogens is 176 g/mol. The van der Waals surface area contributed by atoms with E-state index >= 15 is 0 Å². The van der Waals surface area contributed by atoms with Crippen molar-refractivity contribution in [1.29, 1.82) is 0 Å². The van der Waals surface area contributed by atoms with E-state index in [1.807, 2.05) is 0 Å². The molecule has 1 saturated heterocycles. The topological polar surface area (TPSA) is 72.7 Å². The van der Waals surface area contributed by atoms with E-state index in [1.165, 1.54) is 0 Å². The summed E-state index contributed by atoms with van der Waals surface area (Å²) >= 11 is 5.32. The molecule has 1 heterocycles. The summed E-state index contributed by atoms with van der Waals surface area (Å²) < 4.78 is 4.50. The van der Waals surface area contributed by atoms with Crippen molar-refractivity contribution >= 4 is 17.7 Å². The largest absolute Gasteiger partial charge is 0.468 e. The molecule has 0 N–H and O–H groups in total. The van der Waals surface area contributed by atoms with E-state index in [0.717, 1.165) is 0 Å². The van der Waals surface area contributed by atoms with Crippen molar-refractivity contribution in [3.63, 3.8) is 0 Å². The van der Waals surface area contributed by atoms with Gasteiger partial charge < -0.3 is 4.74 Å². The van der Waals surface area contributed by atoms with Gasteiger partial charge in [0.1, 0.15) is 12.6 Å². The molecule has 7 heteroatoms. The van der Waals surface area contributed by atoms with Crippen molar-refractivity contribution in [2.75, 3.05) is 12.4 Å². The molecular formula is C4H5ClN2O4. The van der Waals surface area contributed by atoms with Gasteiger partial charge in [0, 0.05) is 0 Å². The SMILES string of the molecule is O=C1OC(CCl)CN1[N+](=O)[O-]. The fourth-order valence-corrected chi connectivity index (χ4v) is 0.882. The lowest BCUT2D eigenvalue weighted by Crippen LogP contribution is -2.31. The zero-order valence-electron chi connectivity index (χ0n) is 5.40. The van der Waals surface area contributed by atoms with Gasteiger partial charge in [0.15, 0.2) is 5.03 Å². The Morgan fingerprint density at radius 3 is 2.82 bits per heavy atom. The highest BCUT2D eigenvalue weighted by atomic mass is 35.5. The van der Waals surface area contributed by atoms with E-state index in [2.05, 4.69) is 4.74 Å². The Bertz CT molecular complexity index is 197. The minimum Gasteiger partial charge on any atom is -0.439 e. The van der Waals surface area contributed by atoms with E-state index in [0.29, 0.717) is 5.01 Å². The molecule has 0 bridgehead atoms. The lowest BCUT2D eigenvalue weighted by molar-refractivity contribution is -0.629. The van der Waals surface area contributed by atoms with Crippen molar-refractivity contribution in [2.45, 2.75) is 6.10 Å². The number of nitro groups is 1. The zero-order valence-corrected chi connectivity index (χ0v) is 6.15. The molecule has 0 spiro atoms. The van der Waals surface area contributed by atoms with Gasteiger partial charge in [-0.05, 0) is 5.01 Å². The summed E-state index contributed by atoms with van der Waals surface area (Å²) in [6, 6.07) is 0. The molecule has 0 saturated carbocycles. The molecule has 1 aliphatic heterocycles. The Morgan fingerprint density at radius 1 is 1.91 bits per heavy atom. The molecule has 1 unspecified atom stereocenters. The normalized spacial score (nSPS) is 23.5. The van der Waals surface area contributed by atoms with Gasteiger partial charge in [-0.25, -0.2) is 14.9 Å². The molecule has 1 rings (SSSR count). The van der Waals surface area contributed by atoms with Crippen LogP contribution in [0.25, 0.3) is 0 Å². The summed E-state index contributed by atoms with van der Waals surface area (Å²) in [6.07, 6.45) is -1.50. The second-order valence-corrected chi connectivity index (χ2v) is 2.29. The third-order valence-corrected chi connectivity index (χ3v) is 1.57. The molecule has 62 valence electrons. The maximum absolute atomic E-state index is 10.6. The van der Waals surface area contributed by atoms with E-state index in [1.54, 1.807) is 0 Å². The molecule has 1 atom stereocenters. The van der Waals surface area contributed by atoms with Gasteiger partial charge in [-0.2, -0.15) is 0 Å². The first-order chi connectivity index (χ1) is 5.15. The fraction of sp³-hybridized carbons (Fsp3) is 0.750. The van der Waals surface area contributed by atoms with Crippen LogP contribution < -0.4 is 0 Å². The summed E-state index contributed by atoms with van der Waals surface area (Å²) in [4.78, 5) is 20.6. The Balaban J connectivity index is 2.59. The molecule has 6 nitrogen and oxygen atoms in total. The maximum Gasteiger partial charge on any atom is 0.468 e. The molecule has 1 amide bonds. The molecule has 0 aliphatic carbocycles. The molecule has 0 aromatic carbocycles. The number of carbonyl (C=O) groups is 1. The number of amides is 1. The molecule has 0 aromatic heterocycles. The monoisotopic (exact) mass is 180 g/mol. The number of hydrogen-bond acceptors (Lipinski definition) is 4. The number of carbonyl (C=O) groups excluding carboxylic acids is 1. The summed E-state index contributed by atoms with van der Waals surface area (Å²) in [7, 11) is 0. The van der Waals surface area contributed by atoms with E-state index in [-0.39, 0.29) is 12.4 Å². The van der Waals surface area contributed by atoms with E-state index in [4.69, 9.17) is 11.6 Å². The van der Waals surface area contributed by atoms with Gasteiger partial charge in [0.25, 0.3) is 0 Å². The van der Waals surface area contributed by atoms with E-state index in [9.17, 15) is 14.9 Å². The van der Waals surface area contributed by atoms with Crippen LogP contribution in [0.1, 0.15) is 0 Å². The highest BCUT2D eigenvalue weighted by Gasteiger charge is 2.38. The van der Waals surface area contributed by atoms with Crippen LogP contribution in [0.5, 0.6) is 0 Å². The van der Waals surface area contributed by atoms with Crippen molar-refractivity contribution < 1.29 is 14.6 Å². The smallest absolute Gasteiger partial charge is 0.439 e. The Morgan fingerprint density at radius 2 is 2.55 bits per heavy atom. The fourth-order valence-electron chi connectivity index (χ4n) is 0.722. The third-order valence-electron chi connectivity index (χ3n) is 1.22. The van der Waals surface area contributed by atoms with Crippen LogP contribution in [-0.4, -0.2) is 34.7 Å². The van der Waals surface area contributed by atoms with Crippen LogP contribution in [0, 0.1) is 10.1 Å². The van der Waals surface area contributed by atoms with Gasteiger partial charge in [-0.3, -0.25) is 0 Å². The number of alkyl halides is 1. The van der Waals surface area contributed by atoms with Crippen molar-refractivity contribution in [3.05, 3.63) is 10.1 Å². The number of rotatable bonds is 2. The minimum atomic E-state index is -0.944. The van der Waals surface area contributed by atoms with Gasteiger partial charge in [0.05, 0.1) is 5.88 Å². The van der Waals surface area contributed by atoms with Gasteiger partial charge in [-0.1, -0.05) is 0 Å². The number of hydrazine groups is 1. The predicted octanol–water partition coefficient (Wildman–Crippen LogP) is 0.238. The first-order valence-corrected chi connectivity index (χ1v) is 3.37. The summed E-state index contributed by atoms with van der Waals surface area (Å²) in [6.45, 7) is -0.0741. The highest BCUT2D eigenvalue weighted by Crippen LogP contribution is 2.11. The minimum absolute atomic E-state index is 0.0741. The average molecular weight is 181 g/mol. The maximum atomic E-state index is 10.6. The predicted molar refractivity (Wildman–Crippen MR) is 34.7 cm³/mol. The number of halogens is 1. The number of cyclic esters (lactones) is 1. The van der Waals surface area contributed by atoms with Crippen molar-refractivity contribution in [2.24, 2.45) is 0 Å². The average Bonchev–Trinajstić information content (AvgIpc) is 2.30. The van der Waals surface area contributed by atoms with Crippen molar-refractivity contribution in [3.8, 4) is 0 Å². The molecule has 1 aliphatic rings. The first kappa shape index (κ1) is 8.06. The Labute approximate surface area is 66.8 Å². The quantitative estimate of drug-likeness (QED) is 0.347. The van der Waals surface area contributed by atoms with Crippen LogP contribution >= 0.6 is 11.6 Å². The Kier molecular flexibility index (Phi) is 2.13. The molecule has 1 fully saturated rings. The van der Waals surface area contributed by atoms with Gasteiger partial charge in [0.2, 0.25) is 0 Å². The number of nitrogens with zero attached hydrogens (tertiary/aromatic N) is 2. The van der Waals surface area contributed by atoms with Crippen molar-refractivity contribution in [1.82, 2.24) is 5.01 Å². The van der Waals surface area contributed by atoms with Crippen LogP contribution in [0.2, 0.25) is 0 Å². The van der Waals surface area contributed by atoms with Crippen LogP contribution in [0.3, 0.4) is 0 Å². The summed E-state index contributed by atoms with van der Waals surface area (Å²) in [5.74, 6) is 0.0794.